The molecule has 4 aromatic carbocycles. The Kier molecular flexibility index (Phi) is 11.3. The topological polar surface area (TPSA) is 168 Å². The standard InChI is InChI=1S/C25H20N4O3.C24H19N5O3/c1-32-20-7-4-6-18(13-20)23(30)16-28-22-8-3-2-5-19(22)15-29-24(31)14-21(27-25(28)29)17-9-11-26-12-10-17;1-32-18-7-4-6-16(11-18)22(30)14-28-21-8-3-2-5-17(21)13-29-23(31)12-20(27-24(28)29)19-9-10-25-15-26-19/h2-14H,15-16H2,1H3;2-12,15H,13-14H2,1H3. The zero-order valence-corrected chi connectivity index (χ0v) is 34.7. The largest absolute Gasteiger partial charge is 0.497 e. The van der Waals surface area contributed by atoms with Crippen molar-refractivity contribution in [2.24, 2.45) is 0 Å². The first-order chi connectivity index (χ1) is 31.3. The molecule has 15 nitrogen and oxygen atoms in total. The van der Waals surface area contributed by atoms with E-state index in [-0.39, 0.29) is 35.8 Å². The van der Waals surface area contributed by atoms with Crippen molar-refractivity contribution in [1.29, 1.82) is 0 Å². The first-order valence-electron chi connectivity index (χ1n) is 20.2. The molecule has 0 saturated carbocycles. The number of ether oxygens (including phenoxy) is 2. The summed E-state index contributed by atoms with van der Waals surface area (Å²) in [5.41, 5.74) is 6.58. The number of anilines is 4. The predicted octanol–water partition coefficient (Wildman–Crippen LogP) is 6.79. The smallest absolute Gasteiger partial charge is 0.255 e. The van der Waals surface area contributed by atoms with Crippen LogP contribution in [0.15, 0.2) is 162 Å². The molecule has 316 valence electrons. The lowest BCUT2D eigenvalue weighted by atomic mass is 10.1. The molecule has 4 aromatic heterocycles. The molecule has 0 atom stereocenters. The van der Waals surface area contributed by atoms with Crippen molar-refractivity contribution in [3.63, 3.8) is 0 Å². The molecule has 2 aliphatic rings. The minimum Gasteiger partial charge on any atom is -0.497 e. The van der Waals surface area contributed by atoms with E-state index in [9.17, 15) is 19.2 Å². The highest BCUT2D eigenvalue weighted by atomic mass is 16.5. The van der Waals surface area contributed by atoms with Gasteiger partial charge in [-0.3, -0.25) is 33.3 Å². The van der Waals surface area contributed by atoms with E-state index in [1.54, 1.807) is 114 Å². The highest BCUT2D eigenvalue weighted by Gasteiger charge is 2.29. The van der Waals surface area contributed by atoms with Crippen LogP contribution in [0.4, 0.5) is 23.3 Å². The van der Waals surface area contributed by atoms with Crippen molar-refractivity contribution in [1.82, 2.24) is 34.1 Å². The molecule has 64 heavy (non-hydrogen) atoms. The number of carbonyl (C=O) groups is 2. The maximum absolute atomic E-state index is 13.2. The van der Waals surface area contributed by atoms with Crippen LogP contribution in [0.2, 0.25) is 0 Å². The van der Waals surface area contributed by atoms with E-state index in [2.05, 4.69) is 15.0 Å². The summed E-state index contributed by atoms with van der Waals surface area (Å²) in [6.07, 6.45) is 6.33. The molecule has 10 rings (SSSR count). The van der Waals surface area contributed by atoms with Gasteiger partial charge < -0.3 is 19.3 Å². The van der Waals surface area contributed by atoms with Crippen molar-refractivity contribution >= 4 is 34.8 Å². The maximum atomic E-state index is 13.2. The van der Waals surface area contributed by atoms with Gasteiger partial charge in [0, 0.05) is 58.8 Å². The molecule has 15 heteroatoms. The highest BCUT2D eigenvalue weighted by molar-refractivity contribution is 6.01. The number of aromatic nitrogens is 7. The minimum atomic E-state index is -0.211. The summed E-state index contributed by atoms with van der Waals surface area (Å²) < 4.78 is 13.7. The maximum Gasteiger partial charge on any atom is 0.255 e. The number of fused-ring (bicyclic) bond motifs is 4. The molecule has 0 saturated heterocycles. The van der Waals surface area contributed by atoms with Crippen LogP contribution < -0.4 is 30.4 Å². The van der Waals surface area contributed by atoms with Gasteiger partial charge in [0.25, 0.3) is 11.1 Å². The first-order valence-corrected chi connectivity index (χ1v) is 20.2. The number of rotatable bonds is 10. The van der Waals surface area contributed by atoms with Crippen LogP contribution in [0.3, 0.4) is 0 Å². The minimum absolute atomic E-state index is 0.0177. The van der Waals surface area contributed by atoms with Gasteiger partial charge in [-0.1, -0.05) is 60.7 Å². The number of methoxy groups -OCH3 is 2. The molecule has 8 aromatic rings. The molecule has 0 spiro atoms. The Morgan fingerprint density at radius 3 is 1.56 bits per heavy atom. The number of nitrogens with zero attached hydrogens (tertiary/aromatic N) is 9. The third kappa shape index (κ3) is 8.24. The summed E-state index contributed by atoms with van der Waals surface area (Å²) in [7, 11) is 3.13. The van der Waals surface area contributed by atoms with Gasteiger partial charge in [0.1, 0.15) is 17.8 Å². The Balaban J connectivity index is 0.000000162. The predicted molar refractivity (Wildman–Crippen MR) is 241 cm³/mol. The Hall–Kier alpha value is -8.59. The van der Waals surface area contributed by atoms with E-state index in [1.165, 1.54) is 18.5 Å². The third-order valence-corrected chi connectivity index (χ3v) is 10.9. The van der Waals surface area contributed by atoms with E-state index in [0.717, 1.165) is 28.1 Å². The first kappa shape index (κ1) is 40.8. The molecule has 6 heterocycles. The molecule has 0 aliphatic carbocycles. The van der Waals surface area contributed by atoms with Crippen molar-refractivity contribution in [3.05, 3.63) is 195 Å². The van der Waals surface area contributed by atoms with E-state index in [1.807, 2.05) is 53.4 Å². The highest BCUT2D eigenvalue weighted by Crippen LogP contribution is 2.35. The van der Waals surface area contributed by atoms with E-state index >= 15 is 0 Å². The average molecular weight is 850 g/mol. The molecule has 2 aliphatic heterocycles. The SMILES string of the molecule is COc1cccc(C(=O)CN2c3ccccc3Cn3c2nc(-c2ccncc2)cc3=O)c1.COc1cccc(C(=O)CN2c3ccccc3Cn3c2nc(-c2ccncn2)cc3=O)c1. The van der Waals surface area contributed by atoms with Crippen LogP contribution in [0.1, 0.15) is 31.8 Å². The number of carbonyl (C=O) groups excluding carboxylic acids is 2. The van der Waals surface area contributed by atoms with Crippen LogP contribution >= 0.6 is 0 Å². The zero-order valence-electron chi connectivity index (χ0n) is 34.7. The molecule has 0 amide bonds. The number of Topliss-reactive ketones (excluding diaryl/α,β-unsaturated/α-hetero) is 2. The lowest BCUT2D eigenvalue weighted by Gasteiger charge is -2.32. The van der Waals surface area contributed by atoms with Crippen molar-refractivity contribution < 1.29 is 19.1 Å². The van der Waals surface area contributed by atoms with Gasteiger partial charge in [-0.15, -0.1) is 0 Å². The van der Waals surface area contributed by atoms with Gasteiger partial charge in [-0.2, -0.15) is 0 Å². The molecule has 0 N–H and O–H groups in total. The summed E-state index contributed by atoms with van der Waals surface area (Å²) in [6.45, 7) is 0.837. The van der Waals surface area contributed by atoms with Crippen LogP contribution in [-0.4, -0.2) is 72.9 Å². The van der Waals surface area contributed by atoms with Crippen LogP contribution in [-0.2, 0) is 13.1 Å². The summed E-state index contributed by atoms with van der Waals surface area (Å²) >= 11 is 0. The van der Waals surface area contributed by atoms with Crippen LogP contribution in [0, 0.1) is 0 Å². The Labute approximate surface area is 366 Å². The van der Waals surface area contributed by atoms with Gasteiger partial charge in [-0.25, -0.2) is 19.9 Å². The van der Waals surface area contributed by atoms with E-state index < -0.39 is 0 Å². The fraction of sp³-hybridized carbons (Fsp3) is 0.122. The van der Waals surface area contributed by atoms with Crippen molar-refractivity contribution in [2.75, 3.05) is 37.1 Å². The second-order valence-electron chi connectivity index (χ2n) is 14.8. The Bertz CT molecular complexity index is 2940. The van der Waals surface area contributed by atoms with Gasteiger partial charge >= 0.3 is 0 Å². The number of hydrogen-bond donors (Lipinski definition) is 0. The molecule has 0 radical (unpaired) electrons. The average Bonchev–Trinajstić information content (AvgIpc) is 3.35. The molecular weight excluding hydrogens is 811 g/mol. The summed E-state index contributed by atoms with van der Waals surface area (Å²) in [4.78, 5) is 77.8. The second kappa shape index (κ2) is 17.8. The van der Waals surface area contributed by atoms with Crippen molar-refractivity contribution in [3.8, 4) is 34.1 Å². The normalized spacial score (nSPS) is 12.1. The molecular formula is C49H39N9O6. The number of ketones is 2. The number of para-hydroxylation sites is 2. The molecule has 0 unspecified atom stereocenters. The third-order valence-electron chi connectivity index (χ3n) is 10.9. The Morgan fingerprint density at radius 1 is 0.547 bits per heavy atom. The monoisotopic (exact) mass is 849 g/mol. The molecule has 0 fully saturated rings. The second-order valence-corrected chi connectivity index (χ2v) is 14.8. The number of hydrogen-bond acceptors (Lipinski definition) is 13. The molecule has 0 bridgehead atoms. The van der Waals surface area contributed by atoms with Gasteiger partial charge in [-0.05, 0) is 65.7 Å². The van der Waals surface area contributed by atoms with Crippen LogP contribution in [0.5, 0.6) is 11.5 Å². The van der Waals surface area contributed by atoms with E-state index in [0.29, 0.717) is 64.7 Å². The number of pyridine rings is 1. The summed E-state index contributed by atoms with van der Waals surface area (Å²) in [5, 5.41) is 0. The fourth-order valence-corrected chi connectivity index (χ4v) is 7.69. The van der Waals surface area contributed by atoms with Gasteiger partial charge in [0.15, 0.2) is 11.6 Å². The lowest BCUT2D eigenvalue weighted by Crippen LogP contribution is -2.37. The van der Waals surface area contributed by atoms with Gasteiger partial charge in [0.2, 0.25) is 11.9 Å². The summed E-state index contributed by atoms with van der Waals surface area (Å²) in [6, 6.07) is 37.8. The number of benzene rings is 4. The fourth-order valence-electron chi connectivity index (χ4n) is 7.69. The van der Waals surface area contributed by atoms with Gasteiger partial charge in [0.05, 0.1) is 57.5 Å². The van der Waals surface area contributed by atoms with Crippen LogP contribution in [0.25, 0.3) is 22.6 Å². The lowest BCUT2D eigenvalue weighted by molar-refractivity contribution is 0.0992. The summed E-state index contributed by atoms with van der Waals surface area (Å²) in [5.74, 6) is 1.85. The van der Waals surface area contributed by atoms with E-state index in [4.69, 9.17) is 19.4 Å². The Morgan fingerprint density at radius 2 is 1.05 bits per heavy atom. The quantitative estimate of drug-likeness (QED) is 0.132. The zero-order chi connectivity index (χ0) is 44.2. The van der Waals surface area contributed by atoms with Crippen molar-refractivity contribution in [2.45, 2.75) is 13.1 Å².